The molecule has 23 heavy (non-hydrogen) atoms. The van der Waals surface area contributed by atoms with Crippen LogP contribution >= 0.6 is 58.3 Å². The SMILES string of the molecule is Clc1ccc(Sc2cc(Sc3ccc(Cl)cc3)nc(Cl)n2)cc1. The summed E-state index contributed by atoms with van der Waals surface area (Å²) in [4.78, 5) is 10.6. The van der Waals surface area contributed by atoms with Crippen LogP contribution in [0.3, 0.4) is 0 Å². The molecule has 0 saturated heterocycles. The molecule has 0 saturated carbocycles. The smallest absolute Gasteiger partial charge is 0.211 e. The molecule has 1 aromatic heterocycles. The lowest BCUT2D eigenvalue weighted by molar-refractivity contribution is 0.964. The van der Waals surface area contributed by atoms with E-state index in [1.807, 2.05) is 54.6 Å². The molecule has 2 nitrogen and oxygen atoms in total. The Labute approximate surface area is 157 Å². The summed E-state index contributed by atoms with van der Waals surface area (Å²) in [5, 5.41) is 3.19. The number of aromatic nitrogens is 2. The second-order valence-electron chi connectivity index (χ2n) is 4.43. The molecule has 0 fully saturated rings. The van der Waals surface area contributed by atoms with Crippen LogP contribution in [0.15, 0.2) is 74.4 Å². The molecule has 7 heteroatoms. The number of hydrogen-bond acceptors (Lipinski definition) is 4. The van der Waals surface area contributed by atoms with Crippen molar-refractivity contribution in [1.29, 1.82) is 0 Å². The maximum atomic E-state index is 6.04. The Kier molecular flexibility index (Phi) is 5.72. The first-order chi connectivity index (χ1) is 11.1. The van der Waals surface area contributed by atoms with Gasteiger partial charge >= 0.3 is 0 Å². The topological polar surface area (TPSA) is 25.8 Å². The van der Waals surface area contributed by atoms with E-state index in [4.69, 9.17) is 34.8 Å². The molecule has 2 aromatic carbocycles. The van der Waals surface area contributed by atoms with Gasteiger partial charge in [0.15, 0.2) is 0 Å². The van der Waals surface area contributed by atoms with Crippen LogP contribution in [0, 0.1) is 0 Å². The Bertz CT molecular complexity index is 743. The molecule has 3 rings (SSSR count). The van der Waals surface area contributed by atoms with E-state index < -0.39 is 0 Å². The van der Waals surface area contributed by atoms with Crippen molar-refractivity contribution in [3.8, 4) is 0 Å². The average Bonchev–Trinajstić information content (AvgIpc) is 2.51. The molecule has 0 radical (unpaired) electrons. The number of hydrogen-bond donors (Lipinski definition) is 0. The Morgan fingerprint density at radius 1 is 0.609 bits per heavy atom. The van der Waals surface area contributed by atoms with Crippen molar-refractivity contribution in [3.63, 3.8) is 0 Å². The van der Waals surface area contributed by atoms with Gasteiger partial charge in [-0.15, -0.1) is 0 Å². The highest BCUT2D eigenvalue weighted by Crippen LogP contribution is 2.33. The minimum absolute atomic E-state index is 0.223. The van der Waals surface area contributed by atoms with Gasteiger partial charge in [-0.3, -0.25) is 0 Å². The van der Waals surface area contributed by atoms with Crippen LogP contribution in [-0.4, -0.2) is 9.97 Å². The van der Waals surface area contributed by atoms with E-state index >= 15 is 0 Å². The molecule has 0 unspecified atom stereocenters. The molecule has 116 valence electrons. The lowest BCUT2D eigenvalue weighted by Crippen LogP contribution is -1.88. The summed E-state index contributed by atoms with van der Waals surface area (Å²) >= 11 is 20.9. The maximum absolute atomic E-state index is 6.04. The van der Waals surface area contributed by atoms with E-state index in [9.17, 15) is 0 Å². The number of benzene rings is 2. The summed E-state index contributed by atoms with van der Waals surface area (Å²) in [5.41, 5.74) is 0. The zero-order chi connectivity index (χ0) is 16.2. The van der Waals surface area contributed by atoms with Gasteiger partial charge in [-0.05, 0) is 60.1 Å². The molecular formula is C16H9Cl3N2S2. The molecule has 0 aliphatic heterocycles. The molecular weight excluding hydrogens is 391 g/mol. The van der Waals surface area contributed by atoms with E-state index in [1.54, 1.807) is 0 Å². The summed E-state index contributed by atoms with van der Waals surface area (Å²) in [7, 11) is 0. The van der Waals surface area contributed by atoms with Gasteiger partial charge in [0, 0.05) is 25.9 Å². The van der Waals surface area contributed by atoms with E-state index in [0.29, 0.717) is 10.0 Å². The number of rotatable bonds is 4. The first-order valence-electron chi connectivity index (χ1n) is 6.50. The van der Waals surface area contributed by atoms with Crippen molar-refractivity contribution in [1.82, 2.24) is 9.97 Å². The second-order valence-corrected chi connectivity index (χ2v) is 7.82. The Balaban J connectivity index is 1.81. The summed E-state index contributed by atoms with van der Waals surface area (Å²) in [6.45, 7) is 0. The minimum atomic E-state index is 0.223. The van der Waals surface area contributed by atoms with E-state index in [-0.39, 0.29) is 5.28 Å². The third-order valence-corrected chi connectivity index (χ3v) is 5.25. The van der Waals surface area contributed by atoms with E-state index in [0.717, 1.165) is 19.8 Å². The molecule has 3 aromatic rings. The molecule has 0 spiro atoms. The molecule has 0 atom stereocenters. The number of nitrogens with zero attached hydrogens (tertiary/aromatic N) is 2. The normalized spacial score (nSPS) is 10.7. The Morgan fingerprint density at radius 3 is 1.39 bits per heavy atom. The van der Waals surface area contributed by atoms with E-state index in [1.165, 1.54) is 23.5 Å². The fraction of sp³-hybridized carbons (Fsp3) is 0. The van der Waals surface area contributed by atoms with Gasteiger partial charge in [-0.1, -0.05) is 46.7 Å². The van der Waals surface area contributed by atoms with E-state index in [2.05, 4.69) is 9.97 Å². The van der Waals surface area contributed by atoms with Crippen molar-refractivity contribution >= 4 is 58.3 Å². The van der Waals surface area contributed by atoms with Crippen molar-refractivity contribution < 1.29 is 0 Å². The molecule has 0 aliphatic carbocycles. The van der Waals surface area contributed by atoms with Crippen molar-refractivity contribution in [3.05, 3.63) is 69.9 Å². The maximum Gasteiger partial charge on any atom is 0.224 e. The first-order valence-corrected chi connectivity index (χ1v) is 9.26. The van der Waals surface area contributed by atoms with Crippen LogP contribution in [0.5, 0.6) is 0 Å². The lowest BCUT2D eigenvalue weighted by atomic mass is 10.4. The molecule has 0 bridgehead atoms. The predicted molar refractivity (Wildman–Crippen MR) is 98.2 cm³/mol. The van der Waals surface area contributed by atoms with Crippen LogP contribution in [0.2, 0.25) is 15.3 Å². The summed E-state index contributed by atoms with van der Waals surface area (Å²) in [6, 6.07) is 17.0. The van der Waals surface area contributed by atoms with Gasteiger partial charge in [-0.2, -0.15) is 0 Å². The third-order valence-electron chi connectivity index (χ3n) is 2.72. The Hall–Kier alpha value is -0.910. The van der Waals surface area contributed by atoms with Crippen molar-refractivity contribution in [2.24, 2.45) is 0 Å². The third kappa shape index (κ3) is 5.03. The summed E-state index contributed by atoms with van der Waals surface area (Å²) in [6.07, 6.45) is 0. The fourth-order valence-corrected chi connectivity index (χ4v) is 3.97. The quantitative estimate of drug-likeness (QED) is 0.358. The monoisotopic (exact) mass is 398 g/mol. The van der Waals surface area contributed by atoms with Gasteiger partial charge in [0.25, 0.3) is 0 Å². The van der Waals surface area contributed by atoms with Gasteiger partial charge in [0.05, 0.1) is 0 Å². The Morgan fingerprint density at radius 2 is 1.00 bits per heavy atom. The average molecular weight is 400 g/mol. The minimum Gasteiger partial charge on any atom is -0.211 e. The molecule has 0 aliphatic rings. The van der Waals surface area contributed by atoms with Crippen LogP contribution in [-0.2, 0) is 0 Å². The van der Waals surface area contributed by atoms with Gasteiger partial charge < -0.3 is 0 Å². The highest BCUT2D eigenvalue weighted by Gasteiger charge is 2.07. The predicted octanol–water partition coefficient (Wildman–Crippen LogP) is 6.74. The largest absolute Gasteiger partial charge is 0.224 e. The van der Waals surface area contributed by atoms with Crippen LogP contribution in [0.1, 0.15) is 0 Å². The standard InChI is InChI=1S/C16H9Cl3N2S2/c17-10-1-5-12(6-2-10)22-14-9-15(21-16(19)20-14)23-13-7-3-11(18)4-8-13/h1-9H. The zero-order valence-corrected chi connectivity index (χ0v) is 15.4. The molecule has 0 N–H and O–H groups in total. The van der Waals surface area contributed by atoms with Crippen LogP contribution in [0.4, 0.5) is 0 Å². The summed E-state index contributed by atoms with van der Waals surface area (Å²) < 4.78 is 0. The van der Waals surface area contributed by atoms with Crippen LogP contribution < -0.4 is 0 Å². The van der Waals surface area contributed by atoms with Crippen LogP contribution in [0.25, 0.3) is 0 Å². The van der Waals surface area contributed by atoms with Crippen molar-refractivity contribution in [2.45, 2.75) is 19.8 Å². The molecule has 0 amide bonds. The fourth-order valence-electron chi connectivity index (χ4n) is 1.73. The highest BCUT2D eigenvalue weighted by molar-refractivity contribution is 8.00. The molecule has 1 heterocycles. The number of halogens is 3. The first kappa shape index (κ1) is 16.9. The lowest BCUT2D eigenvalue weighted by Gasteiger charge is -2.05. The zero-order valence-electron chi connectivity index (χ0n) is 11.5. The van der Waals surface area contributed by atoms with Gasteiger partial charge in [0.1, 0.15) is 10.1 Å². The second kappa shape index (κ2) is 7.77. The van der Waals surface area contributed by atoms with Gasteiger partial charge in [-0.25, -0.2) is 9.97 Å². The highest BCUT2D eigenvalue weighted by atomic mass is 35.5. The van der Waals surface area contributed by atoms with Gasteiger partial charge in [0.2, 0.25) is 5.28 Å². The summed E-state index contributed by atoms with van der Waals surface area (Å²) in [5.74, 6) is 0. The van der Waals surface area contributed by atoms with Crippen molar-refractivity contribution in [2.75, 3.05) is 0 Å².